The van der Waals surface area contributed by atoms with Crippen molar-refractivity contribution in [3.63, 3.8) is 0 Å². The van der Waals surface area contributed by atoms with Crippen LogP contribution in [0.2, 0.25) is 0 Å². The molecule has 0 aliphatic rings. The molecule has 1 aromatic carbocycles. The van der Waals surface area contributed by atoms with E-state index in [1.54, 1.807) is 24.4 Å². The molecule has 0 aliphatic carbocycles. The maximum Gasteiger partial charge on any atom is 0.261 e. The lowest BCUT2D eigenvalue weighted by Crippen LogP contribution is -2.14. The normalized spacial score (nSPS) is 11.3. The van der Waals surface area contributed by atoms with Crippen LogP contribution in [0.4, 0.5) is 5.69 Å². The number of sulfonamides is 1. The van der Waals surface area contributed by atoms with Gasteiger partial charge in [0.25, 0.3) is 10.0 Å². The highest BCUT2D eigenvalue weighted by molar-refractivity contribution is 7.92. The van der Waals surface area contributed by atoms with Crippen molar-refractivity contribution in [3.8, 4) is 0 Å². The molecule has 2 aromatic rings. The Bertz CT molecular complexity index is 697. The highest BCUT2D eigenvalue weighted by Crippen LogP contribution is 2.16. The second-order valence-corrected chi connectivity index (χ2v) is 6.46. The van der Waals surface area contributed by atoms with Crippen LogP contribution in [0.1, 0.15) is 18.1 Å². The average Bonchev–Trinajstić information content (AvgIpc) is 2.45. The second-order valence-electron chi connectivity index (χ2n) is 4.78. The molecule has 0 saturated carbocycles. The summed E-state index contributed by atoms with van der Waals surface area (Å²) in [6.45, 7) is 5.49. The first-order valence-electron chi connectivity index (χ1n) is 6.75. The number of anilines is 1. The van der Waals surface area contributed by atoms with Crippen molar-refractivity contribution < 1.29 is 8.42 Å². The maximum absolute atomic E-state index is 12.3. The van der Waals surface area contributed by atoms with Crippen LogP contribution in [0.5, 0.6) is 0 Å². The topological polar surface area (TPSA) is 71.1 Å². The average molecular weight is 305 g/mol. The second kappa shape index (κ2) is 6.69. The quantitative estimate of drug-likeness (QED) is 0.859. The number of benzene rings is 1. The minimum absolute atomic E-state index is 0.240. The minimum atomic E-state index is -3.58. The smallest absolute Gasteiger partial charge is 0.261 e. The Balaban J connectivity index is 2.15. The summed E-state index contributed by atoms with van der Waals surface area (Å²) in [4.78, 5) is 4.21. The van der Waals surface area contributed by atoms with Crippen LogP contribution in [0.3, 0.4) is 0 Å². The first-order valence-corrected chi connectivity index (χ1v) is 8.23. The van der Waals surface area contributed by atoms with Crippen molar-refractivity contribution >= 4 is 15.7 Å². The summed E-state index contributed by atoms with van der Waals surface area (Å²) in [7, 11) is -3.58. The van der Waals surface area contributed by atoms with E-state index < -0.39 is 10.0 Å². The fourth-order valence-electron chi connectivity index (χ4n) is 1.88. The number of aromatic nitrogens is 1. The summed E-state index contributed by atoms with van der Waals surface area (Å²) < 4.78 is 27.1. The SMILES string of the molecule is CCNCc1ccc(S(=O)(=O)Nc2cncc(C)c2)cc1. The number of nitrogens with zero attached hydrogens (tertiary/aromatic N) is 1. The third-order valence-corrected chi connectivity index (χ3v) is 4.34. The van der Waals surface area contributed by atoms with Gasteiger partial charge < -0.3 is 5.32 Å². The lowest BCUT2D eigenvalue weighted by Gasteiger charge is -2.09. The molecule has 1 aromatic heterocycles. The van der Waals surface area contributed by atoms with Crippen molar-refractivity contribution in [2.24, 2.45) is 0 Å². The van der Waals surface area contributed by atoms with Crippen LogP contribution in [0, 0.1) is 6.92 Å². The Morgan fingerprint density at radius 1 is 1.14 bits per heavy atom. The Morgan fingerprint density at radius 3 is 2.48 bits per heavy atom. The van der Waals surface area contributed by atoms with Gasteiger partial charge in [-0.3, -0.25) is 9.71 Å². The van der Waals surface area contributed by atoms with Gasteiger partial charge in [0, 0.05) is 12.7 Å². The standard InChI is InChI=1S/C15H19N3O2S/c1-3-16-10-13-4-6-15(7-5-13)21(19,20)18-14-8-12(2)9-17-11-14/h4-9,11,16,18H,3,10H2,1-2H3. The van der Waals surface area contributed by atoms with Gasteiger partial charge in [-0.15, -0.1) is 0 Å². The van der Waals surface area contributed by atoms with Gasteiger partial charge in [-0.05, 0) is 42.8 Å². The largest absolute Gasteiger partial charge is 0.313 e. The zero-order chi connectivity index (χ0) is 15.3. The van der Waals surface area contributed by atoms with Crippen LogP contribution < -0.4 is 10.0 Å². The lowest BCUT2D eigenvalue weighted by atomic mass is 10.2. The lowest BCUT2D eigenvalue weighted by molar-refractivity contribution is 0.601. The van der Waals surface area contributed by atoms with Crippen molar-refractivity contribution in [1.29, 1.82) is 0 Å². The maximum atomic E-state index is 12.3. The first-order chi connectivity index (χ1) is 10.0. The molecule has 2 N–H and O–H groups in total. The molecular formula is C15H19N3O2S. The van der Waals surface area contributed by atoms with Crippen LogP contribution in [-0.4, -0.2) is 19.9 Å². The molecule has 5 nitrogen and oxygen atoms in total. The molecule has 0 fully saturated rings. The molecule has 112 valence electrons. The van der Waals surface area contributed by atoms with E-state index in [1.807, 2.05) is 26.0 Å². The molecule has 0 amide bonds. The van der Waals surface area contributed by atoms with E-state index >= 15 is 0 Å². The zero-order valence-electron chi connectivity index (χ0n) is 12.1. The van der Waals surface area contributed by atoms with Crippen LogP contribution in [0.15, 0.2) is 47.6 Å². The van der Waals surface area contributed by atoms with E-state index in [0.717, 1.165) is 24.2 Å². The molecule has 0 saturated heterocycles. The third kappa shape index (κ3) is 4.27. The minimum Gasteiger partial charge on any atom is -0.313 e. The molecule has 2 rings (SSSR count). The van der Waals surface area contributed by atoms with Crippen molar-refractivity contribution in [2.45, 2.75) is 25.3 Å². The Morgan fingerprint density at radius 2 is 1.86 bits per heavy atom. The fraction of sp³-hybridized carbons (Fsp3) is 0.267. The number of pyridine rings is 1. The summed E-state index contributed by atoms with van der Waals surface area (Å²) in [5.41, 5.74) is 2.41. The number of nitrogens with one attached hydrogen (secondary N) is 2. The Labute approximate surface area is 125 Å². The molecule has 21 heavy (non-hydrogen) atoms. The molecule has 0 unspecified atom stereocenters. The van der Waals surface area contributed by atoms with Crippen LogP contribution in [0.25, 0.3) is 0 Å². The molecule has 1 heterocycles. The molecule has 0 spiro atoms. The zero-order valence-corrected chi connectivity index (χ0v) is 12.9. The van der Waals surface area contributed by atoms with Gasteiger partial charge >= 0.3 is 0 Å². The van der Waals surface area contributed by atoms with Crippen molar-refractivity contribution in [2.75, 3.05) is 11.3 Å². The molecular weight excluding hydrogens is 286 g/mol. The third-order valence-electron chi connectivity index (χ3n) is 2.94. The predicted octanol–water partition coefficient (Wildman–Crippen LogP) is 2.30. The Kier molecular flexibility index (Phi) is 4.93. The number of hydrogen-bond acceptors (Lipinski definition) is 4. The van der Waals surface area contributed by atoms with Gasteiger partial charge in [-0.2, -0.15) is 0 Å². The predicted molar refractivity (Wildman–Crippen MR) is 83.6 cm³/mol. The van der Waals surface area contributed by atoms with Crippen molar-refractivity contribution in [3.05, 3.63) is 53.9 Å². The molecule has 0 aliphatic heterocycles. The summed E-state index contributed by atoms with van der Waals surface area (Å²) in [6.07, 6.45) is 3.16. The molecule has 0 atom stereocenters. The number of hydrogen-bond donors (Lipinski definition) is 2. The van der Waals surface area contributed by atoms with Crippen LogP contribution >= 0.6 is 0 Å². The van der Waals surface area contributed by atoms with E-state index in [2.05, 4.69) is 15.0 Å². The summed E-state index contributed by atoms with van der Waals surface area (Å²) in [5.74, 6) is 0. The van der Waals surface area contributed by atoms with Crippen molar-refractivity contribution in [1.82, 2.24) is 10.3 Å². The van der Waals surface area contributed by atoms with Gasteiger partial charge in [-0.1, -0.05) is 19.1 Å². The summed E-state index contributed by atoms with van der Waals surface area (Å²) in [6, 6.07) is 8.58. The van der Waals surface area contributed by atoms with Gasteiger partial charge in [0.15, 0.2) is 0 Å². The monoisotopic (exact) mass is 305 g/mol. The molecule has 6 heteroatoms. The highest BCUT2D eigenvalue weighted by atomic mass is 32.2. The van der Waals surface area contributed by atoms with Gasteiger partial charge in [0.2, 0.25) is 0 Å². The molecule has 0 bridgehead atoms. The van der Waals surface area contributed by atoms with Crippen LogP contribution in [-0.2, 0) is 16.6 Å². The van der Waals surface area contributed by atoms with E-state index in [0.29, 0.717) is 5.69 Å². The van der Waals surface area contributed by atoms with Gasteiger partial charge in [0.1, 0.15) is 0 Å². The summed E-state index contributed by atoms with van der Waals surface area (Å²) >= 11 is 0. The van der Waals surface area contributed by atoms with E-state index in [9.17, 15) is 8.42 Å². The number of rotatable bonds is 6. The van der Waals surface area contributed by atoms with E-state index in [-0.39, 0.29) is 4.90 Å². The van der Waals surface area contributed by atoms with E-state index in [1.165, 1.54) is 6.20 Å². The molecule has 0 radical (unpaired) electrons. The van der Waals surface area contributed by atoms with E-state index in [4.69, 9.17) is 0 Å². The highest BCUT2D eigenvalue weighted by Gasteiger charge is 2.14. The summed E-state index contributed by atoms with van der Waals surface area (Å²) in [5, 5.41) is 3.20. The van der Waals surface area contributed by atoms with Gasteiger partial charge in [0.05, 0.1) is 16.8 Å². The van der Waals surface area contributed by atoms with Gasteiger partial charge in [-0.25, -0.2) is 8.42 Å². The number of aryl methyl sites for hydroxylation is 1. The Hall–Kier alpha value is -1.92. The fourth-order valence-corrected chi connectivity index (χ4v) is 2.91. The first kappa shape index (κ1) is 15.5.